The van der Waals surface area contributed by atoms with Gasteiger partial charge in [0.25, 0.3) is 0 Å². The summed E-state index contributed by atoms with van der Waals surface area (Å²) in [5, 5.41) is 6.63. The largest absolute Gasteiger partial charge is 0.355 e. The number of nitrogens with zero attached hydrogens (tertiary/aromatic N) is 2. The van der Waals surface area contributed by atoms with Gasteiger partial charge in [0, 0.05) is 44.2 Å². The molecule has 1 aliphatic carbocycles. The Labute approximate surface area is 180 Å². The summed E-state index contributed by atoms with van der Waals surface area (Å²) in [5.41, 5.74) is 0. The fourth-order valence-electron chi connectivity index (χ4n) is 3.57. The second kappa shape index (κ2) is 12.0. The standard InChI is InChI=1S/C17H34N4O2S2.HI/c1-14(2)15-4-6-16(7-5-15)20-17(18-3)19-8-13-25(22,23)21-9-11-24-12-10-21;/h14-16H,4-13H2,1-3H3,(H2,18,19,20);1H. The van der Waals surface area contributed by atoms with E-state index in [4.69, 9.17) is 0 Å². The van der Waals surface area contributed by atoms with Crippen LogP contribution in [0.1, 0.15) is 39.5 Å². The molecule has 2 fully saturated rings. The summed E-state index contributed by atoms with van der Waals surface area (Å²) in [4.78, 5) is 4.25. The van der Waals surface area contributed by atoms with Gasteiger partial charge in [-0.2, -0.15) is 11.8 Å². The molecule has 1 saturated heterocycles. The molecule has 154 valence electrons. The fourth-order valence-corrected chi connectivity index (χ4v) is 6.06. The molecule has 1 saturated carbocycles. The molecule has 0 atom stereocenters. The van der Waals surface area contributed by atoms with Crippen LogP contribution in [0.2, 0.25) is 0 Å². The number of sulfonamides is 1. The average Bonchev–Trinajstić information content (AvgIpc) is 2.62. The van der Waals surface area contributed by atoms with E-state index in [9.17, 15) is 8.42 Å². The predicted octanol–water partition coefficient (Wildman–Crippen LogP) is 2.36. The van der Waals surface area contributed by atoms with Gasteiger partial charge in [0.2, 0.25) is 10.0 Å². The molecular weight excluding hydrogens is 483 g/mol. The number of guanidine groups is 1. The molecule has 2 N–H and O–H groups in total. The Morgan fingerprint density at radius 3 is 2.35 bits per heavy atom. The van der Waals surface area contributed by atoms with Crippen molar-refractivity contribution in [2.24, 2.45) is 16.8 Å². The van der Waals surface area contributed by atoms with Crippen LogP contribution >= 0.6 is 35.7 Å². The SMILES string of the molecule is CN=C(NCCS(=O)(=O)N1CCSCC1)NC1CCC(C(C)C)CC1.I. The van der Waals surface area contributed by atoms with Gasteiger partial charge in [0.1, 0.15) is 0 Å². The molecule has 0 radical (unpaired) electrons. The van der Waals surface area contributed by atoms with E-state index >= 15 is 0 Å². The highest BCUT2D eigenvalue weighted by molar-refractivity contribution is 14.0. The van der Waals surface area contributed by atoms with Gasteiger partial charge in [-0.1, -0.05) is 13.8 Å². The lowest BCUT2D eigenvalue weighted by Gasteiger charge is -2.32. The topological polar surface area (TPSA) is 73.8 Å². The zero-order valence-electron chi connectivity index (χ0n) is 16.2. The summed E-state index contributed by atoms with van der Waals surface area (Å²) in [6.45, 7) is 6.28. The van der Waals surface area contributed by atoms with Crippen LogP contribution in [-0.4, -0.2) is 68.7 Å². The van der Waals surface area contributed by atoms with Crippen molar-refractivity contribution < 1.29 is 8.42 Å². The monoisotopic (exact) mass is 518 g/mol. The Balaban J connectivity index is 0.00000338. The molecular formula is C17H35IN4O2S2. The number of rotatable bonds is 6. The first-order valence-corrected chi connectivity index (χ1v) is 12.2. The van der Waals surface area contributed by atoms with Crippen LogP contribution in [0.3, 0.4) is 0 Å². The van der Waals surface area contributed by atoms with Crippen molar-refractivity contribution in [2.45, 2.75) is 45.6 Å². The molecule has 0 unspecified atom stereocenters. The van der Waals surface area contributed by atoms with Crippen molar-refractivity contribution in [1.82, 2.24) is 14.9 Å². The van der Waals surface area contributed by atoms with E-state index in [0.29, 0.717) is 25.7 Å². The maximum Gasteiger partial charge on any atom is 0.215 e. The molecule has 2 aliphatic rings. The van der Waals surface area contributed by atoms with Gasteiger partial charge in [-0.3, -0.25) is 4.99 Å². The molecule has 2 rings (SSSR count). The van der Waals surface area contributed by atoms with Crippen LogP contribution in [0.5, 0.6) is 0 Å². The molecule has 9 heteroatoms. The first-order chi connectivity index (χ1) is 11.9. The van der Waals surface area contributed by atoms with Crippen molar-refractivity contribution in [1.29, 1.82) is 0 Å². The molecule has 0 aromatic heterocycles. The predicted molar refractivity (Wildman–Crippen MR) is 123 cm³/mol. The summed E-state index contributed by atoms with van der Waals surface area (Å²) >= 11 is 1.82. The number of thioether (sulfide) groups is 1. The Kier molecular flexibility index (Phi) is 11.2. The van der Waals surface area contributed by atoms with Crippen molar-refractivity contribution in [3.63, 3.8) is 0 Å². The summed E-state index contributed by atoms with van der Waals surface area (Å²) in [6.07, 6.45) is 4.84. The van der Waals surface area contributed by atoms with Crippen LogP contribution < -0.4 is 10.6 Å². The summed E-state index contributed by atoms with van der Waals surface area (Å²) < 4.78 is 26.3. The third-order valence-corrected chi connectivity index (χ3v) is 8.11. The van der Waals surface area contributed by atoms with Crippen LogP contribution in [0.25, 0.3) is 0 Å². The Hall–Kier alpha value is 0.260. The highest BCUT2D eigenvalue weighted by Gasteiger charge is 2.25. The molecule has 1 heterocycles. The third-order valence-electron chi connectivity index (χ3n) is 5.30. The van der Waals surface area contributed by atoms with Gasteiger partial charge in [0.15, 0.2) is 5.96 Å². The van der Waals surface area contributed by atoms with Crippen LogP contribution in [0, 0.1) is 11.8 Å². The van der Waals surface area contributed by atoms with E-state index in [0.717, 1.165) is 42.1 Å². The smallest absolute Gasteiger partial charge is 0.215 e. The number of hydrogen-bond acceptors (Lipinski definition) is 4. The van der Waals surface area contributed by atoms with E-state index < -0.39 is 10.0 Å². The zero-order valence-corrected chi connectivity index (χ0v) is 20.2. The van der Waals surface area contributed by atoms with E-state index in [-0.39, 0.29) is 29.7 Å². The average molecular weight is 519 g/mol. The third kappa shape index (κ3) is 7.71. The van der Waals surface area contributed by atoms with E-state index in [1.165, 1.54) is 12.8 Å². The van der Waals surface area contributed by atoms with Crippen molar-refractivity contribution >= 4 is 51.7 Å². The summed E-state index contributed by atoms with van der Waals surface area (Å²) in [5.74, 6) is 4.23. The number of hydrogen-bond donors (Lipinski definition) is 2. The van der Waals surface area contributed by atoms with Gasteiger partial charge >= 0.3 is 0 Å². The first kappa shape index (κ1) is 24.3. The van der Waals surface area contributed by atoms with Gasteiger partial charge in [0.05, 0.1) is 5.75 Å². The Bertz CT molecular complexity index is 529. The quantitative estimate of drug-likeness (QED) is 0.321. The molecule has 0 amide bonds. The summed E-state index contributed by atoms with van der Waals surface area (Å²) in [6, 6.07) is 0.442. The van der Waals surface area contributed by atoms with Crippen LogP contribution in [-0.2, 0) is 10.0 Å². The summed E-state index contributed by atoms with van der Waals surface area (Å²) in [7, 11) is -1.42. The Morgan fingerprint density at radius 2 is 1.81 bits per heavy atom. The minimum atomic E-state index is -3.16. The van der Waals surface area contributed by atoms with Crippen molar-refractivity contribution in [2.75, 3.05) is 43.9 Å². The number of halogens is 1. The lowest BCUT2D eigenvalue weighted by molar-refractivity contribution is 0.250. The minimum absolute atomic E-state index is 0. The van der Waals surface area contributed by atoms with E-state index in [2.05, 4.69) is 29.5 Å². The first-order valence-electron chi connectivity index (χ1n) is 9.45. The highest BCUT2D eigenvalue weighted by Crippen LogP contribution is 2.29. The lowest BCUT2D eigenvalue weighted by atomic mass is 9.80. The molecule has 0 spiro atoms. The highest BCUT2D eigenvalue weighted by atomic mass is 127. The van der Waals surface area contributed by atoms with Gasteiger partial charge in [-0.25, -0.2) is 12.7 Å². The van der Waals surface area contributed by atoms with Gasteiger partial charge in [-0.05, 0) is 37.5 Å². The normalized spacial score (nSPS) is 25.6. The maximum absolute atomic E-state index is 12.4. The molecule has 0 aromatic carbocycles. The van der Waals surface area contributed by atoms with Gasteiger partial charge < -0.3 is 10.6 Å². The number of aliphatic imine (C=N–C) groups is 1. The molecule has 6 nitrogen and oxygen atoms in total. The van der Waals surface area contributed by atoms with Crippen LogP contribution in [0.15, 0.2) is 4.99 Å². The fraction of sp³-hybridized carbons (Fsp3) is 0.941. The van der Waals surface area contributed by atoms with Gasteiger partial charge in [-0.15, -0.1) is 24.0 Å². The molecule has 26 heavy (non-hydrogen) atoms. The minimum Gasteiger partial charge on any atom is -0.355 e. The van der Waals surface area contributed by atoms with Crippen molar-refractivity contribution in [3.8, 4) is 0 Å². The van der Waals surface area contributed by atoms with Crippen LogP contribution in [0.4, 0.5) is 0 Å². The Morgan fingerprint density at radius 1 is 1.19 bits per heavy atom. The number of nitrogens with one attached hydrogen (secondary N) is 2. The second-order valence-corrected chi connectivity index (χ2v) is 10.6. The molecule has 0 bridgehead atoms. The maximum atomic E-state index is 12.4. The zero-order chi connectivity index (χ0) is 18.3. The van der Waals surface area contributed by atoms with Crippen molar-refractivity contribution in [3.05, 3.63) is 0 Å². The lowest BCUT2D eigenvalue weighted by Crippen LogP contribution is -2.47. The van der Waals surface area contributed by atoms with E-state index in [1.54, 1.807) is 11.4 Å². The second-order valence-electron chi connectivity index (χ2n) is 7.33. The molecule has 0 aromatic rings. The molecule has 1 aliphatic heterocycles. The van der Waals surface area contributed by atoms with E-state index in [1.807, 2.05) is 11.8 Å².